The molecule has 2 heterocycles. The van der Waals surface area contributed by atoms with E-state index in [1.807, 2.05) is 37.1 Å². The van der Waals surface area contributed by atoms with E-state index in [2.05, 4.69) is 10.1 Å². The second-order valence-electron chi connectivity index (χ2n) is 3.58. The highest BCUT2D eigenvalue weighted by atomic mass is 15.3. The number of rotatable bonds is 3. The van der Waals surface area contributed by atoms with Crippen molar-refractivity contribution in [3.8, 4) is 11.4 Å². The van der Waals surface area contributed by atoms with E-state index in [-0.39, 0.29) is 0 Å². The highest BCUT2D eigenvalue weighted by Gasteiger charge is 2.09. The largest absolute Gasteiger partial charge is 0.357 e. The molecule has 5 heteroatoms. The van der Waals surface area contributed by atoms with Crippen LogP contribution in [0.3, 0.4) is 0 Å². The monoisotopic (exact) mass is 205 g/mol. The van der Waals surface area contributed by atoms with E-state index >= 15 is 0 Å². The van der Waals surface area contributed by atoms with Crippen LogP contribution in [0.4, 0.5) is 0 Å². The van der Waals surface area contributed by atoms with Crippen molar-refractivity contribution in [2.45, 2.75) is 6.42 Å². The lowest BCUT2D eigenvalue weighted by atomic mass is 10.3. The number of nitrogens with two attached hydrogens (primary N) is 1. The maximum Gasteiger partial charge on any atom is 0.159 e. The van der Waals surface area contributed by atoms with Gasteiger partial charge in [0.05, 0.1) is 0 Å². The molecule has 0 aliphatic heterocycles. The Morgan fingerprint density at radius 3 is 2.80 bits per heavy atom. The van der Waals surface area contributed by atoms with Crippen LogP contribution in [0, 0.1) is 0 Å². The molecule has 0 aromatic carbocycles. The maximum atomic E-state index is 5.47. The fourth-order valence-corrected chi connectivity index (χ4v) is 1.56. The molecule has 2 rings (SSSR count). The first-order valence-electron chi connectivity index (χ1n) is 4.93. The van der Waals surface area contributed by atoms with Gasteiger partial charge >= 0.3 is 0 Å². The summed E-state index contributed by atoms with van der Waals surface area (Å²) in [4.78, 5) is 4.44. The molecule has 5 nitrogen and oxygen atoms in total. The lowest BCUT2D eigenvalue weighted by Crippen LogP contribution is -2.04. The molecule has 0 aliphatic rings. The van der Waals surface area contributed by atoms with Gasteiger partial charge in [-0.05, 0) is 12.6 Å². The first-order valence-corrected chi connectivity index (χ1v) is 4.93. The maximum absolute atomic E-state index is 5.47. The molecule has 2 N–H and O–H groups in total. The third kappa shape index (κ3) is 1.92. The van der Waals surface area contributed by atoms with E-state index < -0.39 is 0 Å². The molecule has 0 amide bonds. The van der Waals surface area contributed by atoms with Gasteiger partial charge in [0.1, 0.15) is 0 Å². The summed E-state index contributed by atoms with van der Waals surface area (Å²) in [5.74, 6) is 1.69. The van der Waals surface area contributed by atoms with E-state index in [4.69, 9.17) is 5.73 Å². The van der Waals surface area contributed by atoms with Crippen molar-refractivity contribution in [2.24, 2.45) is 19.8 Å². The van der Waals surface area contributed by atoms with Crippen molar-refractivity contribution in [2.75, 3.05) is 6.54 Å². The zero-order chi connectivity index (χ0) is 10.8. The molecule has 0 saturated carbocycles. The van der Waals surface area contributed by atoms with E-state index in [1.165, 1.54) is 0 Å². The van der Waals surface area contributed by atoms with Gasteiger partial charge in [-0.15, -0.1) is 0 Å². The summed E-state index contributed by atoms with van der Waals surface area (Å²) in [6, 6.07) is 2.02. The number of hydrogen-bond donors (Lipinski definition) is 1. The summed E-state index contributed by atoms with van der Waals surface area (Å²) in [6.07, 6.45) is 4.74. The van der Waals surface area contributed by atoms with Crippen LogP contribution < -0.4 is 5.73 Å². The molecule has 0 atom stereocenters. The number of aryl methyl sites for hydroxylation is 2. The van der Waals surface area contributed by atoms with Crippen LogP contribution in [0.1, 0.15) is 5.82 Å². The van der Waals surface area contributed by atoms with Gasteiger partial charge in [0.25, 0.3) is 0 Å². The Kier molecular flexibility index (Phi) is 2.55. The minimum Gasteiger partial charge on any atom is -0.357 e. The second-order valence-corrected chi connectivity index (χ2v) is 3.58. The standard InChI is InChI=1S/C10H15N5/c1-14-6-4-8(7-14)10-12-9(3-5-11)13-15(10)2/h4,6-7H,3,5,11H2,1-2H3. The quantitative estimate of drug-likeness (QED) is 0.785. The summed E-state index contributed by atoms with van der Waals surface area (Å²) < 4.78 is 3.78. The molecule has 0 fully saturated rings. The molecule has 2 aromatic heterocycles. The fourth-order valence-electron chi connectivity index (χ4n) is 1.56. The smallest absolute Gasteiger partial charge is 0.159 e. The van der Waals surface area contributed by atoms with Gasteiger partial charge < -0.3 is 10.3 Å². The summed E-state index contributed by atoms with van der Waals surface area (Å²) in [5, 5.41) is 4.30. The number of nitrogens with zero attached hydrogens (tertiary/aromatic N) is 4. The Hall–Kier alpha value is -1.62. The Morgan fingerprint density at radius 2 is 2.20 bits per heavy atom. The lowest BCUT2D eigenvalue weighted by molar-refractivity contribution is 0.744. The van der Waals surface area contributed by atoms with Crippen LogP contribution in [0.2, 0.25) is 0 Å². The van der Waals surface area contributed by atoms with Crippen molar-refractivity contribution in [1.29, 1.82) is 0 Å². The third-order valence-electron chi connectivity index (χ3n) is 2.27. The average Bonchev–Trinajstić information content (AvgIpc) is 2.73. The first-order chi connectivity index (χ1) is 7.20. The fraction of sp³-hybridized carbons (Fsp3) is 0.400. The van der Waals surface area contributed by atoms with Crippen molar-refractivity contribution in [3.63, 3.8) is 0 Å². The van der Waals surface area contributed by atoms with Crippen LogP contribution >= 0.6 is 0 Å². The summed E-state index contributed by atoms with van der Waals surface area (Å²) in [7, 11) is 3.88. The first kappa shape index (κ1) is 9.92. The highest BCUT2D eigenvalue weighted by Crippen LogP contribution is 2.16. The molecule has 0 saturated heterocycles. The highest BCUT2D eigenvalue weighted by molar-refractivity contribution is 5.53. The lowest BCUT2D eigenvalue weighted by Gasteiger charge is -1.94. The predicted molar refractivity (Wildman–Crippen MR) is 58.2 cm³/mol. The molecule has 0 unspecified atom stereocenters. The van der Waals surface area contributed by atoms with Crippen LogP contribution in [-0.4, -0.2) is 25.9 Å². The molecule has 0 spiro atoms. The van der Waals surface area contributed by atoms with Gasteiger partial charge in [-0.1, -0.05) is 0 Å². The molecule has 15 heavy (non-hydrogen) atoms. The molecule has 2 aromatic rings. The van der Waals surface area contributed by atoms with Crippen LogP contribution in [0.25, 0.3) is 11.4 Å². The number of hydrogen-bond acceptors (Lipinski definition) is 3. The predicted octanol–water partition coefficient (Wildman–Crippen LogP) is 0.322. The van der Waals surface area contributed by atoms with Gasteiger partial charge in [-0.2, -0.15) is 5.10 Å². The Balaban J connectivity index is 2.35. The third-order valence-corrected chi connectivity index (χ3v) is 2.27. The van der Waals surface area contributed by atoms with Gasteiger partial charge in [0, 0.05) is 38.5 Å². The molecular weight excluding hydrogens is 190 g/mol. The summed E-state index contributed by atoms with van der Waals surface area (Å²) >= 11 is 0. The van der Waals surface area contributed by atoms with Crippen molar-refractivity contribution < 1.29 is 0 Å². The second kappa shape index (κ2) is 3.86. The van der Waals surface area contributed by atoms with Crippen LogP contribution in [0.15, 0.2) is 18.5 Å². The zero-order valence-corrected chi connectivity index (χ0v) is 9.01. The van der Waals surface area contributed by atoms with E-state index in [0.29, 0.717) is 6.54 Å². The van der Waals surface area contributed by atoms with E-state index in [1.54, 1.807) is 4.68 Å². The Labute approximate surface area is 88.5 Å². The summed E-state index contributed by atoms with van der Waals surface area (Å²) in [6.45, 7) is 0.582. The zero-order valence-electron chi connectivity index (χ0n) is 9.01. The molecule has 0 aliphatic carbocycles. The van der Waals surface area contributed by atoms with Gasteiger partial charge in [0.15, 0.2) is 11.6 Å². The summed E-state index contributed by atoms with van der Waals surface area (Å²) in [5.41, 5.74) is 6.55. The SMILES string of the molecule is Cn1ccc(-c2nc(CCN)nn2C)c1. The minimum atomic E-state index is 0.582. The Bertz CT molecular complexity index is 454. The number of aromatic nitrogens is 4. The van der Waals surface area contributed by atoms with E-state index in [9.17, 15) is 0 Å². The molecule has 0 radical (unpaired) electrons. The van der Waals surface area contributed by atoms with Crippen molar-refractivity contribution in [1.82, 2.24) is 19.3 Å². The van der Waals surface area contributed by atoms with Crippen LogP contribution in [0.5, 0.6) is 0 Å². The average molecular weight is 205 g/mol. The van der Waals surface area contributed by atoms with Crippen molar-refractivity contribution in [3.05, 3.63) is 24.3 Å². The van der Waals surface area contributed by atoms with E-state index in [0.717, 1.165) is 23.6 Å². The normalized spacial score (nSPS) is 10.9. The van der Waals surface area contributed by atoms with Crippen molar-refractivity contribution >= 4 is 0 Å². The van der Waals surface area contributed by atoms with Gasteiger partial charge in [0.2, 0.25) is 0 Å². The topological polar surface area (TPSA) is 61.7 Å². The minimum absolute atomic E-state index is 0.582. The van der Waals surface area contributed by atoms with Gasteiger partial charge in [-0.3, -0.25) is 0 Å². The molecule has 0 bridgehead atoms. The van der Waals surface area contributed by atoms with Crippen LogP contribution in [-0.2, 0) is 20.5 Å². The molecular formula is C10H15N5. The van der Waals surface area contributed by atoms with Gasteiger partial charge in [-0.25, -0.2) is 9.67 Å². The Morgan fingerprint density at radius 1 is 1.40 bits per heavy atom. The molecule has 80 valence electrons.